The largest absolute Gasteiger partial charge is 0.292 e. The van der Waals surface area contributed by atoms with Crippen molar-refractivity contribution in [1.82, 2.24) is 15.2 Å². The first-order valence-corrected chi connectivity index (χ1v) is 9.81. The van der Waals surface area contributed by atoms with Crippen LogP contribution < -0.4 is 11.0 Å². The van der Waals surface area contributed by atoms with E-state index >= 15 is 0 Å². The third kappa shape index (κ3) is 4.36. The Bertz CT molecular complexity index is 1270. The number of aromatic nitrogens is 2. The van der Waals surface area contributed by atoms with Gasteiger partial charge in [-0.25, -0.2) is 5.43 Å². The van der Waals surface area contributed by atoms with Crippen LogP contribution in [0.3, 0.4) is 0 Å². The van der Waals surface area contributed by atoms with Crippen LogP contribution in [0.25, 0.3) is 5.69 Å². The monoisotopic (exact) mass is 463 g/mol. The number of nitrogens with zero attached hydrogens (tertiary/aromatic N) is 4. The van der Waals surface area contributed by atoms with Gasteiger partial charge in [0.2, 0.25) is 0 Å². The topological polar surface area (TPSA) is 100 Å². The smallest absolute Gasteiger partial charge is 0.266 e. The summed E-state index contributed by atoms with van der Waals surface area (Å²) in [7, 11) is 0. The molecule has 0 bridgehead atoms. The Morgan fingerprint density at radius 2 is 1.97 bits per heavy atom. The fraction of sp³-hybridized carbons (Fsp3) is 0.136. The molecule has 0 saturated heterocycles. The zero-order valence-electron chi connectivity index (χ0n) is 16.6. The van der Waals surface area contributed by atoms with Crippen molar-refractivity contribution in [2.45, 2.75) is 20.8 Å². The molecular formula is C22H18BrN5O2. The van der Waals surface area contributed by atoms with Crippen LogP contribution >= 0.6 is 15.9 Å². The van der Waals surface area contributed by atoms with Crippen molar-refractivity contribution < 1.29 is 4.79 Å². The Labute approximate surface area is 181 Å². The molecule has 1 aromatic heterocycles. The van der Waals surface area contributed by atoms with E-state index in [2.05, 4.69) is 31.6 Å². The molecule has 1 heterocycles. The summed E-state index contributed by atoms with van der Waals surface area (Å²) in [6.45, 7) is 5.38. The van der Waals surface area contributed by atoms with Crippen LogP contribution in [0.15, 0.2) is 56.8 Å². The van der Waals surface area contributed by atoms with Crippen LogP contribution in [-0.2, 0) is 0 Å². The van der Waals surface area contributed by atoms with Gasteiger partial charge in [-0.05, 0) is 61.7 Å². The van der Waals surface area contributed by atoms with Crippen molar-refractivity contribution in [3.63, 3.8) is 0 Å². The van der Waals surface area contributed by atoms with E-state index < -0.39 is 11.5 Å². The Morgan fingerprint density at radius 3 is 2.63 bits per heavy atom. The van der Waals surface area contributed by atoms with Crippen LogP contribution in [0.5, 0.6) is 0 Å². The van der Waals surface area contributed by atoms with E-state index in [1.54, 1.807) is 12.1 Å². The molecule has 0 spiro atoms. The van der Waals surface area contributed by atoms with Crippen molar-refractivity contribution in [2.75, 3.05) is 0 Å². The Kier molecular flexibility index (Phi) is 6.23. The standard InChI is InChI=1S/C22H18BrN5O2/c1-13-7-8-18(9-14(13)2)28-22(30)19(11-24)15(3)20(27-28)21(29)26-25-12-16-5-4-6-17(23)10-16/h4-10,12H,1-3H3,(H,26,29)/b25-12+. The summed E-state index contributed by atoms with van der Waals surface area (Å²) >= 11 is 3.37. The minimum atomic E-state index is -0.618. The van der Waals surface area contributed by atoms with Gasteiger partial charge < -0.3 is 0 Å². The van der Waals surface area contributed by atoms with Gasteiger partial charge in [0.15, 0.2) is 5.69 Å². The molecule has 30 heavy (non-hydrogen) atoms. The molecule has 150 valence electrons. The maximum atomic E-state index is 12.7. The number of carbonyl (C=O) groups is 1. The number of rotatable bonds is 4. The van der Waals surface area contributed by atoms with E-state index in [9.17, 15) is 14.9 Å². The molecule has 8 heteroatoms. The van der Waals surface area contributed by atoms with Crippen molar-refractivity contribution in [3.8, 4) is 11.8 Å². The molecule has 2 aromatic carbocycles. The quantitative estimate of drug-likeness (QED) is 0.472. The van der Waals surface area contributed by atoms with E-state index in [-0.39, 0.29) is 16.8 Å². The molecule has 0 aliphatic heterocycles. The number of benzene rings is 2. The van der Waals surface area contributed by atoms with Gasteiger partial charge in [-0.3, -0.25) is 9.59 Å². The number of aryl methyl sites for hydroxylation is 2. The zero-order valence-corrected chi connectivity index (χ0v) is 18.2. The second-order valence-corrected chi connectivity index (χ2v) is 7.62. The van der Waals surface area contributed by atoms with Gasteiger partial charge in [0.05, 0.1) is 11.9 Å². The second kappa shape index (κ2) is 8.84. The summed E-state index contributed by atoms with van der Waals surface area (Å²) in [6, 6.07) is 14.6. The van der Waals surface area contributed by atoms with Gasteiger partial charge in [-0.15, -0.1) is 0 Å². The van der Waals surface area contributed by atoms with Crippen LogP contribution in [0.2, 0.25) is 0 Å². The van der Waals surface area contributed by atoms with Crippen molar-refractivity contribution in [3.05, 3.63) is 90.8 Å². The lowest BCUT2D eigenvalue weighted by Gasteiger charge is -2.11. The van der Waals surface area contributed by atoms with Gasteiger partial charge in [-0.2, -0.15) is 20.1 Å². The Morgan fingerprint density at radius 1 is 1.20 bits per heavy atom. The highest BCUT2D eigenvalue weighted by Gasteiger charge is 2.20. The number of nitriles is 1. The van der Waals surface area contributed by atoms with E-state index in [1.165, 1.54) is 13.1 Å². The van der Waals surface area contributed by atoms with Gasteiger partial charge >= 0.3 is 0 Å². The van der Waals surface area contributed by atoms with Crippen LogP contribution in [0.1, 0.15) is 38.3 Å². The van der Waals surface area contributed by atoms with E-state index in [1.807, 2.05) is 50.2 Å². The van der Waals surface area contributed by atoms with Gasteiger partial charge in [-0.1, -0.05) is 34.1 Å². The predicted molar refractivity (Wildman–Crippen MR) is 118 cm³/mol. The van der Waals surface area contributed by atoms with Crippen molar-refractivity contribution >= 4 is 28.1 Å². The molecule has 0 radical (unpaired) electrons. The molecule has 7 nitrogen and oxygen atoms in total. The minimum absolute atomic E-state index is 0.0456. The highest BCUT2D eigenvalue weighted by atomic mass is 79.9. The van der Waals surface area contributed by atoms with E-state index in [4.69, 9.17) is 0 Å². The molecule has 1 N–H and O–H groups in total. The lowest BCUT2D eigenvalue weighted by molar-refractivity contribution is 0.0947. The molecule has 0 aliphatic rings. The third-order valence-corrected chi connectivity index (χ3v) is 5.12. The van der Waals surface area contributed by atoms with Crippen molar-refractivity contribution in [1.29, 1.82) is 5.26 Å². The molecule has 0 unspecified atom stereocenters. The predicted octanol–water partition coefficient (Wildman–Crippen LogP) is 3.56. The maximum Gasteiger partial charge on any atom is 0.292 e. The van der Waals surface area contributed by atoms with Gasteiger partial charge in [0.1, 0.15) is 11.6 Å². The Balaban J connectivity index is 1.99. The number of hydrogen-bond donors (Lipinski definition) is 1. The first-order valence-electron chi connectivity index (χ1n) is 9.02. The SMILES string of the molecule is Cc1ccc(-n2nc(C(=O)N/N=C/c3cccc(Br)c3)c(C)c(C#N)c2=O)cc1C. The summed E-state index contributed by atoms with van der Waals surface area (Å²) in [5, 5.41) is 17.6. The highest BCUT2D eigenvalue weighted by Crippen LogP contribution is 2.14. The third-order valence-electron chi connectivity index (χ3n) is 4.63. The van der Waals surface area contributed by atoms with Crippen LogP contribution in [0, 0.1) is 32.1 Å². The lowest BCUT2D eigenvalue weighted by Crippen LogP contribution is -2.31. The van der Waals surface area contributed by atoms with Crippen LogP contribution in [0.4, 0.5) is 0 Å². The summed E-state index contributed by atoms with van der Waals surface area (Å²) in [4.78, 5) is 25.4. The number of amides is 1. The molecule has 0 saturated carbocycles. The van der Waals surface area contributed by atoms with E-state index in [0.29, 0.717) is 5.69 Å². The van der Waals surface area contributed by atoms with Gasteiger partial charge in [0, 0.05) is 10.0 Å². The summed E-state index contributed by atoms with van der Waals surface area (Å²) in [5.74, 6) is -0.618. The molecule has 3 aromatic rings. The normalized spacial score (nSPS) is 10.8. The molecule has 0 fully saturated rings. The average Bonchev–Trinajstić information content (AvgIpc) is 2.71. The first-order chi connectivity index (χ1) is 14.3. The number of hydrazone groups is 1. The molecule has 3 rings (SSSR count). The molecule has 0 aliphatic carbocycles. The van der Waals surface area contributed by atoms with E-state index in [0.717, 1.165) is 25.8 Å². The Hall–Kier alpha value is -3.57. The summed E-state index contributed by atoms with van der Waals surface area (Å²) < 4.78 is 1.96. The van der Waals surface area contributed by atoms with Gasteiger partial charge in [0.25, 0.3) is 11.5 Å². The highest BCUT2D eigenvalue weighted by molar-refractivity contribution is 9.10. The molecular weight excluding hydrogens is 446 g/mol. The summed E-state index contributed by atoms with van der Waals surface area (Å²) in [5.41, 5.74) is 5.14. The second-order valence-electron chi connectivity index (χ2n) is 6.70. The fourth-order valence-corrected chi connectivity index (χ4v) is 3.21. The zero-order chi connectivity index (χ0) is 21.8. The number of halogens is 1. The van der Waals surface area contributed by atoms with Crippen molar-refractivity contribution in [2.24, 2.45) is 5.10 Å². The molecule has 0 atom stereocenters. The first kappa shape index (κ1) is 21.1. The average molecular weight is 464 g/mol. The summed E-state index contributed by atoms with van der Waals surface area (Å²) in [6.07, 6.45) is 1.49. The number of nitrogens with one attached hydrogen (secondary N) is 1. The number of hydrogen-bond acceptors (Lipinski definition) is 5. The fourth-order valence-electron chi connectivity index (χ4n) is 2.79. The molecule has 1 amide bonds. The maximum absolute atomic E-state index is 12.7. The van der Waals surface area contributed by atoms with Crippen LogP contribution in [-0.4, -0.2) is 21.9 Å². The lowest BCUT2D eigenvalue weighted by atomic mass is 10.1. The minimum Gasteiger partial charge on any atom is -0.266 e. The number of carbonyl (C=O) groups excluding carboxylic acids is 1.